The van der Waals surface area contributed by atoms with E-state index in [0.29, 0.717) is 0 Å². The molecule has 0 aliphatic carbocycles. The molecule has 5 heteroatoms. The molecular formula is C16H21N3OS. The van der Waals surface area contributed by atoms with Crippen LogP contribution in [0.1, 0.15) is 39.1 Å². The maximum Gasteiger partial charge on any atom is 0.252 e. The Bertz CT molecular complexity index is 679. The van der Waals surface area contributed by atoms with E-state index >= 15 is 0 Å². The first kappa shape index (κ1) is 14.4. The van der Waals surface area contributed by atoms with Crippen LogP contribution in [0, 0.1) is 13.8 Å². The third kappa shape index (κ3) is 2.30. The number of aryl methyl sites for hydroxylation is 2. The molecular weight excluding hydrogens is 282 g/mol. The van der Waals surface area contributed by atoms with Crippen molar-refractivity contribution in [2.24, 2.45) is 5.73 Å². The number of thiophene rings is 1. The summed E-state index contributed by atoms with van der Waals surface area (Å²) in [6, 6.07) is 4.16. The van der Waals surface area contributed by atoms with Gasteiger partial charge in [-0.3, -0.25) is 9.69 Å². The van der Waals surface area contributed by atoms with Gasteiger partial charge in [-0.25, -0.2) is 0 Å². The second kappa shape index (κ2) is 5.31. The Morgan fingerprint density at radius 3 is 2.57 bits per heavy atom. The number of rotatable bonds is 3. The van der Waals surface area contributed by atoms with Crippen LogP contribution in [0.25, 0.3) is 5.00 Å². The number of nitrogens with two attached hydrogens (primary N) is 1. The molecule has 0 saturated carbocycles. The molecule has 3 heterocycles. The van der Waals surface area contributed by atoms with Gasteiger partial charge in [0.15, 0.2) is 0 Å². The van der Waals surface area contributed by atoms with E-state index in [1.807, 2.05) is 0 Å². The minimum atomic E-state index is -0.306. The fraction of sp³-hybridized carbons (Fsp3) is 0.438. The second-order valence-corrected chi connectivity index (χ2v) is 6.70. The summed E-state index contributed by atoms with van der Waals surface area (Å²) in [5.74, 6) is -0.306. The first-order valence-corrected chi connectivity index (χ1v) is 8.16. The van der Waals surface area contributed by atoms with Crippen LogP contribution in [0.2, 0.25) is 0 Å². The standard InChI is InChI=1S/C16H21N3OS/c1-4-18-8-7-12-13(9-18)21-16(14(12)15(17)20)19-10(2)5-6-11(19)3/h5-6H,4,7-9H2,1-3H3,(H2,17,20). The number of likely N-dealkylation sites (N-methyl/N-ethyl adjacent to an activating group) is 1. The molecule has 2 N–H and O–H groups in total. The molecule has 0 unspecified atom stereocenters. The van der Waals surface area contributed by atoms with E-state index in [1.165, 1.54) is 10.4 Å². The Hall–Kier alpha value is -1.59. The highest BCUT2D eigenvalue weighted by molar-refractivity contribution is 7.15. The fourth-order valence-electron chi connectivity index (χ4n) is 3.11. The number of carbonyl (C=O) groups is 1. The molecule has 0 radical (unpaired) electrons. The van der Waals surface area contributed by atoms with E-state index in [2.05, 4.69) is 42.4 Å². The lowest BCUT2D eigenvalue weighted by atomic mass is 10.0. The SMILES string of the molecule is CCN1CCc2c(sc(-n3c(C)ccc3C)c2C(N)=O)C1. The van der Waals surface area contributed by atoms with Crippen LogP contribution in [0.5, 0.6) is 0 Å². The molecule has 2 aromatic heterocycles. The zero-order chi connectivity index (χ0) is 15.1. The zero-order valence-corrected chi connectivity index (χ0v) is 13.6. The number of amides is 1. The normalized spacial score (nSPS) is 15.2. The van der Waals surface area contributed by atoms with Crippen molar-refractivity contribution in [3.8, 4) is 5.00 Å². The molecule has 4 nitrogen and oxygen atoms in total. The molecule has 3 rings (SSSR count). The Balaban J connectivity index is 2.18. The third-order valence-electron chi connectivity index (χ3n) is 4.29. The monoisotopic (exact) mass is 303 g/mol. The first-order valence-electron chi connectivity index (χ1n) is 7.35. The summed E-state index contributed by atoms with van der Waals surface area (Å²) >= 11 is 1.72. The van der Waals surface area contributed by atoms with Gasteiger partial charge in [-0.05, 0) is 44.5 Å². The fourth-order valence-corrected chi connectivity index (χ4v) is 4.63. The van der Waals surface area contributed by atoms with Crippen molar-refractivity contribution in [1.82, 2.24) is 9.47 Å². The lowest BCUT2D eigenvalue weighted by Crippen LogP contribution is -2.30. The summed E-state index contributed by atoms with van der Waals surface area (Å²) in [6.45, 7) is 9.28. The maximum atomic E-state index is 12.0. The highest BCUT2D eigenvalue weighted by Gasteiger charge is 2.27. The highest BCUT2D eigenvalue weighted by atomic mass is 32.1. The number of aromatic nitrogens is 1. The number of carbonyl (C=O) groups excluding carboxylic acids is 1. The molecule has 112 valence electrons. The van der Waals surface area contributed by atoms with Gasteiger partial charge in [-0.15, -0.1) is 11.3 Å². The first-order chi connectivity index (χ1) is 10.0. The molecule has 0 atom stereocenters. The van der Waals surface area contributed by atoms with Crippen molar-refractivity contribution in [3.05, 3.63) is 39.5 Å². The lowest BCUT2D eigenvalue weighted by Gasteiger charge is -2.25. The summed E-state index contributed by atoms with van der Waals surface area (Å²) < 4.78 is 2.15. The second-order valence-electron chi connectivity index (χ2n) is 5.62. The number of hydrogen-bond donors (Lipinski definition) is 1. The molecule has 1 amide bonds. The largest absolute Gasteiger partial charge is 0.365 e. The molecule has 21 heavy (non-hydrogen) atoms. The average Bonchev–Trinajstić information content (AvgIpc) is 2.97. The van der Waals surface area contributed by atoms with Gasteiger partial charge in [-0.1, -0.05) is 6.92 Å². The van der Waals surface area contributed by atoms with E-state index in [0.717, 1.165) is 48.0 Å². The predicted molar refractivity (Wildman–Crippen MR) is 86.3 cm³/mol. The molecule has 2 aromatic rings. The average molecular weight is 303 g/mol. The van der Waals surface area contributed by atoms with Gasteiger partial charge in [-0.2, -0.15) is 0 Å². The van der Waals surface area contributed by atoms with Crippen molar-refractivity contribution in [2.75, 3.05) is 13.1 Å². The summed E-state index contributed by atoms with van der Waals surface area (Å²) in [4.78, 5) is 15.7. The number of fused-ring (bicyclic) bond motifs is 1. The van der Waals surface area contributed by atoms with Gasteiger partial charge in [0.05, 0.1) is 5.56 Å². The topological polar surface area (TPSA) is 51.3 Å². The van der Waals surface area contributed by atoms with Gasteiger partial charge in [0.1, 0.15) is 5.00 Å². The Labute approximate surface area is 129 Å². The van der Waals surface area contributed by atoms with E-state index in [1.54, 1.807) is 11.3 Å². The summed E-state index contributed by atoms with van der Waals surface area (Å²) in [5.41, 5.74) is 9.87. The minimum Gasteiger partial charge on any atom is -0.365 e. The Morgan fingerprint density at radius 1 is 1.33 bits per heavy atom. The van der Waals surface area contributed by atoms with Crippen LogP contribution in [-0.4, -0.2) is 28.5 Å². The van der Waals surface area contributed by atoms with E-state index < -0.39 is 0 Å². The molecule has 1 aliphatic rings. The maximum absolute atomic E-state index is 12.0. The zero-order valence-electron chi connectivity index (χ0n) is 12.8. The summed E-state index contributed by atoms with van der Waals surface area (Å²) in [5, 5.41) is 0.991. The molecule has 1 aliphatic heterocycles. The summed E-state index contributed by atoms with van der Waals surface area (Å²) in [7, 11) is 0. The van der Waals surface area contributed by atoms with E-state index in [4.69, 9.17) is 5.73 Å². The predicted octanol–water partition coefficient (Wildman–Crippen LogP) is 2.63. The van der Waals surface area contributed by atoms with Gasteiger partial charge in [0.2, 0.25) is 0 Å². The third-order valence-corrected chi connectivity index (χ3v) is 5.49. The van der Waals surface area contributed by atoms with Crippen LogP contribution in [0.15, 0.2) is 12.1 Å². The van der Waals surface area contributed by atoms with Gasteiger partial charge in [0, 0.05) is 29.4 Å². The van der Waals surface area contributed by atoms with Crippen LogP contribution < -0.4 is 5.73 Å². The molecule has 0 spiro atoms. The van der Waals surface area contributed by atoms with Crippen molar-refractivity contribution in [3.63, 3.8) is 0 Å². The van der Waals surface area contributed by atoms with E-state index in [9.17, 15) is 4.79 Å². The number of primary amides is 1. The summed E-state index contributed by atoms with van der Waals surface area (Å²) in [6.07, 6.45) is 0.914. The van der Waals surface area contributed by atoms with Crippen molar-refractivity contribution < 1.29 is 4.79 Å². The Morgan fingerprint density at radius 2 is 2.00 bits per heavy atom. The molecule has 0 saturated heterocycles. The van der Waals surface area contributed by atoms with Crippen LogP contribution in [-0.2, 0) is 13.0 Å². The van der Waals surface area contributed by atoms with Gasteiger partial charge < -0.3 is 10.3 Å². The van der Waals surface area contributed by atoms with Gasteiger partial charge >= 0.3 is 0 Å². The van der Waals surface area contributed by atoms with Crippen LogP contribution in [0.4, 0.5) is 0 Å². The van der Waals surface area contributed by atoms with Crippen molar-refractivity contribution >= 4 is 17.2 Å². The minimum absolute atomic E-state index is 0.306. The van der Waals surface area contributed by atoms with Gasteiger partial charge in [0.25, 0.3) is 5.91 Å². The quantitative estimate of drug-likeness (QED) is 0.947. The Kier molecular flexibility index (Phi) is 3.63. The molecule has 0 bridgehead atoms. The molecule has 0 fully saturated rings. The number of nitrogens with zero attached hydrogens (tertiary/aromatic N) is 2. The number of hydrogen-bond acceptors (Lipinski definition) is 3. The lowest BCUT2D eigenvalue weighted by molar-refractivity contribution is 0.0999. The highest BCUT2D eigenvalue weighted by Crippen LogP contribution is 2.36. The van der Waals surface area contributed by atoms with Crippen molar-refractivity contribution in [1.29, 1.82) is 0 Å². The van der Waals surface area contributed by atoms with Crippen LogP contribution >= 0.6 is 11.3 Å². The van der Waals surface area contributed by atoms with Crippen LogP contribution in [0.3, 0.4) is 0 Å². The smallest absolute Gasteiger partial charge is 0.252 e. The molecule has 0 aromatic carbocycles. The van der Waals surface area contributed by atoms with Crippen molar-refractivity contribution in [2.45, 2.75) is 33.7 Å². The van der Waals surface area contributed by atoms with E-state index in [-0.39, 0.29) is 5.91 Å².